The van der Waals surface area contributed by atoms with Crippen LogP contribution in [0, 0.1) is 0 Å². The SMILES string of the molecule is CNCCN(C)Cc1c[nH]nc1-c1ccc(C(C)(C)COC)cc1. The highest BCUT2D eigenvalue weighted by atomic mass is 16.5. The number of hydrogen-bond acceptors (Lipinski definition) is 4. The minimum Gasteiger partial charge on any atom is -0.384 e. The van der Waals surface area contributed by atoms with Crippen molar-refractivity contribution >= 4 is 0 Å². The Labute approximate surface area is 145 Å². The summed E-state index contributed by atoms with van der Waals surface area (Å²) in [5.74, 6) is 0. The summed E-state index contributed by atoms with van der Waals surface area (Å²) in [5, 5.41) is 10.6. The first kappa shape index (κ1) is 18.6. The van der Waals surface area contributed by atoms with Crippen molar-refractivity contribution < 1.29 is 4.74 Å². The number of nitrogens with zero attached hydrogens (tertiary/aromatic N) is 2. The highest BCUT2D eigenvalue weighted by Gasteiger charge is 2.20. The number of aromatic amines is 1. The lowest BCUT2D eigenvalue weighted by Gasteiger charge is -2.24. The lowest BCUT2D eigenvalue weighted by Crippen LogP contribution is -2.27. The van der Waals surface area contributed by atoms with E-state index in [1.165, 1.54) is 11.1 Å². The first-order valence-electron chi connectivity index (χ1n) is 8.43. The van der Waals surface area contributed by atoms with E-state index in [1.807, 2.05) is 13.2 Å². The fourth-order valence-electron chi connectivity index (χ4n) is 2.88. The molecule has 1 aromatic carbocycles. The second-order valence-electron chi connectivity index (χ2n) is 6.99. The van der Waals surface area contributed by atoms with Crippen LogP contribution >= 0.6 is 0 Å². The molecule has 0 amide bonds. The molecule has 2 rings (SSSR count). The molecule has 1 heterocycles. The Morgan fingerprint density at radius 1 is 1.25 bits per heavy atom. The molecule has 0 saturated heterocycles. The van der Waals surface area contributed by atoms with E-state index in [2.05, 4.69) is 65.6 Å². The van der Waals surface area contributed by atoms with E-state index in [9.17, 15) is 0 Å². The Bertz CT molecular complexity index is 619. The van der Waals surface area contributed by atoms with Gasteiger partial charge in [0.1, 0.15) is 0 Å². The van der Waals surface area contributed by atoms with Gasteiger partial charge in [-0.3, -0.25) is 5.10 Å². The molecule has 0 bridgehead atoms. The predicted octanol–water partition coefficient (Wildman–Crippen LogP) is 2.65. The van der Waals surface area contributed by atoms with E-state index in [4.69, 9.17) is 4.74 Å². The molecule has 0 aliphatic heterocycles. The largest absolute Gasteiger partial charge is 0.384 e. The Kier molecular flexibility index (Phi) is 6.54. The quantitative estimate of drug-likeness (QED) is 0.742. The zero-order chi connectivity index (χ0) is 17.6. The topological polar surface area (TPSA) is 53.2 Å². The second-order valence-corrected chi connectivity index (χ2v) is 6.99. The number of aromatic nitrogens is 2. The standard InChI is InChI=1S/C19H30N4O/c1-19(2,14-24-5)17-8-6-15(7-9-17)18-16(12-21-22-18)13-23(4)11-10-20-3/h6-9,12,20H,10-11,13-14H2,1-5H3,(H,21,22). The van der Waals surface area contributed by atoms with Gasteiger partial charge in [0, 0.05) is 49.5 Å². The van der Waals surface area contributed by atoms with Crippen molar-refractivity contribution in [1.29, 1.82) is 0 Å². The van der Waals surface area contributed by atoms with Gasteiger partial charge in [-0.05, 0) is 19.7 Å². The van der Waals surface area contributed by atoms with Gasteiger partial charge >= 0.3 is 0 Å². The summed E-state index contributed by atoms with van der Waals surface area (Å²) in [7, 11) is 5.85. The maximum absolute atomic E-state index is 5.33. The number of H-pyrrole nitrogens is 1. The first-order chi connectivity index (χ1) is 11.5. The maximum Gasteiger partial charge on any atom is 0.0965 e. The van der Waals surface area contributed by atoms with Crippen LogP contribution in [0.2, 0.25) is 0 Å². The van der Waals surface area contributed by atoms with Gasteiger partial charge in [-0.25, -0.2) is 0 Å². The molecule has 0 spiro atoms. The van der Waals surface area contributed by atoms with Gasteiger partial charge in [0.25, 0.3) is 0 Å². The van der Waals surface area contributed by atoms with Crippen LogP contribution < -0.4 is 5.32 Å². The molecule has 2 aromatic rings. The fraction of sp³-hybridized carbons (Fsp3) is 0.526. The third-order valence-electron chi connectivity index (χ3n) is 4.35. The molecule has 0 radical (unpaired) electrons. The Hall–Kier alpha value is -1.69. The first-order valence-corrected chi connectivity index (χ1v) is 8.43. The summed E-state index contributed by atoms with van der Waals surface area (Å²) in [4.78, 5) is 2.29. The summed E-state index contributed by atoms with van der Waals surface area (Å²) in [6.07, 6.45) is 1.99. The van der Waals surface area contributed by atoms with Crippen molar-refractivity contribution in [2.75, 3.05) is 40.9 Å². The highest BCUT2D eigenvalue weighted by molar-refractivity contribution is 5.63. The minimum absolute atomic E-state index is 0.00898. The number of benzene rings is 1. The number of nitrogens with one attached hydrogen (secondary N) is 2. The van der Waals surface area contributed by atoms with Crippen LogP contribution in [0.15, 0.2) is 30.5 Å². The van der Waals surface area contributed by atoms with Crippen LogP contribution in [-0.2, 0) is 16.7 Å². The normalized spacial score (nSPS) is 12.1. The van der Waals surface area contributed by atoms with Crippen molar-refractivity contribution in [2.45, 2.75) is 25.8 Å². The number of rotatable bonds is 9. The summed E-state index contributed by atoms with van der Waals surface area (Å²) < 4.78 is 5.33. The van der Waals surface area contributed by atoms with Crippen LogP contribution in [0.1, 0.15) is 25.0 Å². The molecule has 1 aromatic heterocycles. The van der Waals surface area contributed by atoms with Gasteiger partial charge in [0.15, 0.2) is 0 Å². The molecule has 0 fully saturated rings. The van der Waals surface area contributed by atoms with Gasteiger partial charge < -0.3 is 15.0 Å². The molecule has 0 aliphatic carbocycles. The summed E-state index contributed by atoms with van der Waals surface area (Å²) in [5.41, 5.74) is 4.68. The van der Waals surface area contributed by atoms with Crippen LogP contribution in [0.5, 0.6) is 0 Å². The Morgan fingerprint density at radius 2 is 1.96 bits per heavy atom. The van der Waals surface area contributed by atoms with Gasteiger partial charge in [-0.15, -0.1) is 0 Å². The van der Waals surface area contributed by atoms with E-state index >= 15 is 0 Å². The molecule has 0 unspecified atom stereocenters. The van der Waals surface area contributed by atoms with E-state index in [1.54, 1.807) is 7.11 Å². The highest BCUT2D eigenvalue weighted by Crippen LogP contribution is 2.27. The zero-order valence-corrected chi connectivity index (χ0v) is 15.5. The molecule has 0 saturated carbocycles. The van der Waals surface area contributed by atoms with Gasteiger partial charge in [-0.1, -0.05) is 38.1 Å². The third-order valence-corrected chi connectivity index (χ3v) is 4.35. The molecule has 24 heavy (non-hydrogen) atoms. The van der Waals surface area contributed by atoms with Crippen molar-refractivity contribution in [3.05, 3.63) is 41.6 Å². The van der Waals surface area contributed by atoms with Crippen LogP contribution in [0.3, 0.4) is 0 Å². The number of hydrogen-bond donors (Lipinski definition) is 2. The number of ether oxygens (including phenoxy) is 1. The van der Waals surface area contributed by atoms with Gasteiger partial charge in [0.2, 0.25) is 0 Å². The van der Waals surface area contributed by atoms with E-state index < -0.39 is 0 Å². The lowest BCUT2D eigenvalue weighted by molar-refractivity contribution is 0.146. The smallest absolute Gasteiger partial charge is 0.0965 e. The van der Waals surface area contributed by atoms with Crippen molar-refractivity contribution in [1.82, 2.24) is 20.4 Å². The van der Waals surface area contributed by atoms with Crippen molar-refractivity contribution in [3.8, 4) is 11.3 Å². The Balaban J connectivity index is 2.14. The summed E-state index contributed by atoms with van der Waals surface area (Å²) in [6, 6.07) is 8.66. The molecule has 0 aliphatic rings. The van der Waals surface area contributed by atoms with E-state index in [-0.39, 0.29) is 5.41 Å². The fourth-order valence-corrected chi connectivity index (χ4v) is 2.88. The molecule has 0 atom stereocenters. The van der Waals surface area contributed by atoms with E-state index in [0.717, 1.165) is 30.9 Å². The lowest BCUT2D eigenvalue weighted by atomic mass is 9.85. The average molecular weight is 330 g/mol. The second kappa shape index (κ2) is 8.42. The Morgan fingerprint density at radius 3 is 2.58 bits per heavy atom. The third kappa shape index (κ3) is 4.66. The summed E-state index contributed by atoms with van der Waals surface area (Å²) in [6.45, 7) is 7.96. The predicted molar refractivity (Wildman–Crippen MR) is 99.2 cm³/mol. The van der Waals surface area contributed by atoms with Crippen molar-refractivity contribution in [2.24, 2.45) is 0 Å². The van der Waals surface area contributed by atoms with Gasteiger partial charge in [-0.2, -0.15) is 5.10 Å². The number of methoxy groups -OCH3 is 1. The molecule has 5 nitrogen and oxygen atoms in total. The minimum atomic E-state index is 0.00898. The zero-order valence-electron chi connectivity index (χ0n) is 15.5. The molecular weight excluding hydrogens is 300 g/mol. The van der Waals surface area contributed by atoms with Crippen LogP contribution in [-0.4, -0.2) is 56.0 Å². The molecule has 132 valence electrons. The molecule has 5 heteroatoms. The van der Waals surface area contributed by atoms with Crippen molar-refractivity contribution in [3.63, 3.8) is 0 Å². The average Bonchev–Trinajstić information content (AvgIpc) is 3.01. The van der Waals surface area contributed by atoms with Gasteiger partial charge in [0.05, 0.1) is 12.3 Å². The van der Waals surface area contributed by atoms with Crippen LogP contribution in [0.25, 0.3) is 11.3 Å². The molecule has 2 N–H and O–H groups in total. The monoisotopic (exact) mass is 330 g/mol. The van der Waals surface area contributed by atoms with E-state index in [0.29, 0.717) is 6.61 Å². The number of likely N-dealkylation sites (N-methyl/N-ethyl adjacent to an activating group) is 2. The molecular formula is C19H30N4O. The summed E-state index contributed by atoms with van der Waals surface area (Å²) >= 11 is 0. The van der Waals surface area contributed by atoms with Crippen LogP contribution in [0.4, 0.5) is 0 Å². The maximum atomic E-state index is 5.33.